The SMILES string of the molecule is CCc1cc(C(=O)NC[C@H]2CN(C)C(=O)CO2)ccn1. The Bertz CT molecular complexity index is 504. The third-order valence-electron chi connectivity index (χ3n) is 3.28. The lowest BCUT2D eigenvalue weighted by atomic mass is 10.2. The molecule has 0 bridgehead atoms. The first-order chi connectivity index (χ1) is 9.60. The summed E-state index contributed by atoms with van der Waals surface area (Å²) in [5, 5.41) is 2.83. The molecule has 6 nitrogen and oxygen atoms in total. The van der Waals surface area contributed by atoms with E-state index in [-0.39, 0.29) is 24.5 Å². The smallest absolute Gasteiger partial charge is 0.251 e. The second-order valence-corrected chi connectivity index (χ2v) is 4.81. The summed E-state index contributed by atoms with van der Waals surface area (Å²) in [6, 6.07) is 3.47. The quantitative estimate of drug-likeness (QED) is 0.855. The summed E-state index contributed by atoms with van der Waals surface area (Å²) < 4.78 is 5.37. The summed E-state index contributed by atoms with van der Waals surface area (Å²) >= 11 is 0. The van der Waals surface area contributed by atoms with Crippen molar-refractivity contribution >= 4 is 11.8 Å². The zero-order valence-electron chi connectivity index (χ0n) is 11.8. The fraction of sp³-hybridized carbons (Fsp3) is 0.500. The summed E-state index contributed by atoms with van der Waals surface area (Å²) in [6.45, 7) is 2.95. The number of morpholine rings is 1. The van der Waals surface area contributed by atoms with E-state index in [4.69, 9.17) is 4.74 Å². The molecule has 1 N–H and O–H groups in total. The molecule has 0 unspecified atom stereocenters. The van der Waals surface area contributed by atoms with Gasteiger partial charge in [0.25, 0.3) is 5.91 Å². The lowest BCUT2D eigenvalue weighted by molar-refractivity contribution is -0.146. The zero-order chi connectivity index (χ0) is 14.5. The van der Waals surface area contributed by atoms with Gasteiger partial charge in [0.1, 0.15) is 6.61 Å². The van der Waals surface area contributed by atoms with Crippen molar-refractivity contribution in [1.29, 1.82) is 0 Å². The van der Waals surface area contributed by atoms with Gasteiger partial charge in [-0.25, -0.2) is 0 Å². The highest BCUT2D eigenvalue weighted by Crippen LogP contribution is 2.05. The summed E-state index contributed by atoms with van der Waals surface area (Å²) in [5.41, 5.74) is 1.48. The molecule has 1 aliphatic heterocycles. The van der Waals surface area contributed by atoms with E-state index in [1.165, 1.54) is 0 Å². The number of aryl methyl sites for hydroxylation is 1. The van der Waals surface area contributed by atoms with Crippen LogP contribution >= 0.6 is 0 Å². The monoisotopic (exact) mass is 277 g/mol. The van der Waals surface area contributed by atoms with Crippen LogP contribution in [0.4, 0.5) is 0 Å². The van der Waals surface area contributed by atoms with Crippen LogP contribution in [0.5, 0.6) is 0 Å². The van der Waals surface area contributed by atoms with Crippen LogP contribution in [0.25, 0.3) is 0 Å². The first kappa shape index (κ1) is 14.5. The number of carbonyl (C=O) groups is 2. The van der Waals surface area contributed by atoms with E-state index in [1.54, 1.807) is 30.3 Å². The third-order valence-corrected chi connectivity index (χ3v) is 3.28. The number of nitrogens with zero attached hydrogens (tertiary/aromatic N) is 2. The van der Waals surface area contributed by atoms with Crippen molar-refractivity contribution in [2.24, 2.45) is 0 Å². The number of hydrogen-bond acceptors (Lipinski definition) is 4. The summed E-state index contributed by atoms with van der Waals surface area (Å²) in [7, 11) is 1.73. The number of rotatable bonds is 4. The molecule has 1 fully saturated rings. The number of hydrogen-bond donors (Lipinski definition) is 1. The van der Waals surface area contributed by atoms with Crippen molar-refractivity contribution < 1.29 is 14.3 Å². The predicted octanol–water partition coefficient (Wildman–Crippen LogP) is 0.231. The van der Waals surface area contributed by atoms with Gasteiger partial charge >= 0.3 is 0 Å². The molecule has 1 aliphatic rings. The third kappa shape index (κ3) is 3.54. The van der Waals surface area contributed by atoms with Gasteiger partial charge in [-0.1, -0.05) is 6.92 Å². The van der Waals surface area contributed by atoms with Crippen molar-refractivity contribution in [2.75, 3.05) is 26.7 Å². The molecule has 2 amide bonds. The van der Waals surface area contributed by atoms with E-state index in [1.807, 2.05) is 6.92 Å². The van der Waals surface area contributed by atoms with E-state index in [0.29, 0.717) is 18.7 Å². The molecule has 0 aromatic carbocycles. The minimum atomic E-state index is -0.158. The highest BCUT2D eigenvalue weighted by Gasteiger charge is 2.23. The molecule has 20 heavy (non-hydrogen) atoms. The molecule has 0 radical (unpaired) electrons. The Labute approximate surface area is 118 Å². The maximum atomic E-state index is 12.0. The van der Waals surface area contributed by atoms with Gasteiger partial charge in [-0.15, -0.1) is 0 Å². The standard InChI is InChI=1S/C14H19N3O3/c1-3-11-6-10(4-5-15-11)14(19)16-7-12-8-17(2)13(18)9-20-12/h4-6,12H,3,7-9H2,1-2H3,(H,16,19)/t12-/m0/s1. The Kier molecular flexibility index (Phi) is 4.68. The van der Waals surface area contributed by atoms with E-state index in [9.17, 15) is 9.59 Å². The van der Waals surface area contributed by atoms with Gasteiger partial charge in [0.2, 0.25) is 5.91 Å². The molecule has 1 saturated heterocycles. The number of ether oxygens (including phenoxy) is 1. The van der Waals surface area contributed by atoms with E-state index in [2.05, 4.69) is 10.3 Å². The molecular weight excluding hydrogens is 258 g/mol. The Morgan fingerprint density at radius 1 is 1.60 bits per heavy atom. The Morgan fingerprint density at radius 3 is 3.10 bits per heavy atom. The molecule has 0 saturated carbocycles. The lowest BCUT2D eigenvalue weighted by Crippen LogP contribution is -2.48. The van der Waals surface area contributed by atoms with Crippen LogP contribution in [0, 0.1) is 0 Å². The second kappa shape index (κ2) is 6.47. The maximum absolute atomic E-state index is 12.0. The predicted molar refractivity (Wildman–Crippen MR) is 73.3 cm³/mol. The van der Waals surface area contributed by atoms with Crippen molar-refractivity contribution in [2.45, 2.75) is 19.4 Å². The van der Waals surface area contributed by atoms with Crippen LogP contribution in [0.2, 0.25) is 0 Å². The summed E-state index contributed by atoms with van der Waals surface area (Å²) in [6.07, 6.45) is 2.27. The second-order valence-electron chi connectivity index (χ2n) is 4.81. The van der Waals surface area contributed by atoms with Gasteiger partial charge in [-0.05, 0) is 18.6 Å². The van der Waals surface area contributed by atoms with Crippen molar-refractivity contribution in [3.05, 3.63) is 29.6 Å². The van der Waals surface area contributed by atoms with Crippen LogP contribution in [0.1, 0.15) is 23.0 Å². The van der Waals surface area contributed by atoms with Crippen molar-refractivity contribution in [3.63, 3.8) is 0 Å². The summed E-state index contributed by atoms with van der Waals surface area (Å²) in [4.78, 5) is 29.1. The van der Waals surface area contributed by atoms with Crippen molar-refractivity contribution in [3.8, 4) is 0 Å². The van der Waals surface area contributed by atoms with Gasteiger partial charge in [0.05, 0.1) is 6.10 Å². The number of pyridine rings is 1. The number of likely N-dealkylation sites (N-methyl/N-ethyl adjacent to an activating group) is 1. The summed E-state index contributed by atoms with van der Waals surface area (Å²) in [5.74, 6) is -0.181. The van der Waals surface area contributed by atoms with E-state index in [0.717, 1.165) is 12.1 Å². The van der Waals surface area contributed by atoms with Crippen LogP contribution in [0.3, 0.4) is 0 Å². The molecule has 1 aromatic rings. The number of amides is 2. The largest absolute Gasteiger partial charge is 0.365 e. The van der Waals surface area contributed by atoms with Gasteiger partial charge in [0.15, 0.2) is 0 Å². The highest BCUT2D eigenvalue weighted by molar-refractivity contribution is 5.94. The Hall–Kier alpha value is -1.95. The van der Waals surface area contributed by atoms with Gasteiger partial charge < -0.3 is 15.0 Å². The van der Waals surface area contributed by atoms with Gasteiger partial charge in [0, 0.05) is 37.6 Å². The van der Waals surface area contributed by atoms with Gasteiger partial charge in [-0.3, -0.25) is 14.6 Å². The van der Waals surface area contributed by atoms with Crippen LogP contribution in [0.15, 0.2) is 18.3 Å². The molecular formula is C14H19N3O3. The minimum Gasteiger partial charge on any atom is -0.365 e. The molecule has 1 aromatic heterocycles. The lowest BCUT2D eigenvalue weighted by Gasteiger charge is -2.29. The Balaban J connectivity index is 1.87. The maximum Gasteiger partial charge on any atom is 0.251 e. The fourth-order valence-electron chi connectivity index (χ4n) is 2.00. The normalized spacial score (nSPS) is 19.0. The topological polar surface area (TPSA) is 71.5 Å². The molecule has 2 heterocycles. The van der Waals surface area contributed by atoms with Crippen LogP contribution < -0.4 is 5.32 Å². The zero-order valence-corrected chi connectivity index (χ0v) is 11.8. The van der Waals surface area contributed by atoms with E-state index < -0.39 is 0 Å². The highest BCUT2D eigenvalue weighted by atomic mass is 16.5. The molecule has 1 atom stereocenters. The first-order valence-electron chi connectivity index (χ1n) is 6.69. The number of carbonyl (C=O) groups excluding carboxylic acids is 2. The molecule has 108 valence electrons. The van der Waals surface area contributed by atoms with Crippen LogP contribution in [-0.4, -0.2) is 54.5 Å². The molecule has 0 aliphatic carbocycles. The molecule has 6 heteroatoms. The van der Waals surface area contributed by atoms with Crippen molar-refractivity contribution in [1.82, 2.24) is 15.2 Å². The average molecular weight is 277 g/mol. The van der Waals surface area contributed by atoms with Crippen LogP contribution in [-0.2, 0) is 16.0 Å². The number of nitrogens with one attached hydrogen (secondary N) is 1. The average Bonchev–Trinajstić information content (AvgIpc) is 2.48. The minimum absolute atomic E-state index is 0.0331. The first-order valence-corrected chi connectivity index (χ1v) is 6.69. The molecule has 0 spiro atoms. The van der Waals surface area contributed by atoms with E-state index >= 15 is 0 Å². The molecule has 2 rings (SSSR count). The Morgan fingerprint density at radius 2 is 2.40 bits per heavy atom. The number of aromatic nitrogens is 1. The fourth-order valence-corrected chi connectivity index (χ4v) is 2.00. The van der Waals surface area contributed by atoms with Gasteiger partial charge in [-0.2, -0.15) is 0 Å².